The van der Waals surface area contributed by atoms with Gasteiger partial charge < -0.3 is 16.0 Å². The third-order valence-electron chi connectivity index (χ3n) is 5.58. The van der Waals surface area contributed by atoms with Crippen LogP contribution in [-0.2, 0) is 9.59 Å². The molecule has 3 N–H and O–H groups in total. The molecule has 0 radical (unpaired) electrons. The molecule has 0 aliphatic heterocycles. The van der Waals surface area contributed by atoms with Gasteiger partial charge >= 0.3 is 0 Å². The molecule has 0 heterocycles. The van der Waals surface area contributed by atoms with E-state index >= 15 is 0 Å². The second-order valence-electron chi connectivity index (χ2n) is 8.20. The minimum absolute atomic E-state index is 0.0965. The van der Waals surface area contributed by atoms with Gasteiger partial charge in [-0.25, -0.2) is 4.39 Å². The third kappa shape index (κ3) is 5.60. The van der Waals surface area contributed by atoms with Gasteiger partial charge in [-0.15, -0.1) is 23.2 Å². The molecule has 1 fully saturated rings. The quantitative estimate of drug-likeness (QED) is 0.284. The van der Waals surface area contributed by atoms with Gasteiger partial charge in [-0.1, -0.05) is 29.3 Å². The van der Waals surface area contributed by atoms with Gasteiger partial charge in [0, 0.05) is 29.9 Å². The summed E-state index contributed by atoms with van der Waals surface area (Å²) in [5.74, 6) is -3.19. The smallest absolute Gasteiger partial charge is 0.257 e. The zero-order valence-corrected chi connectivity index (χ0v) is 21.6. The van der Waals surface area contributed by atoms with Crippen LogP contribution in [0.25, 0.3) is 0 Å². The number of alkyl halides is 2. The van der Waals surface area contributed by atoms with E-state index in [0.29, 0.717) is 22.6 Å². The molecule has 1 aliphatic rings. The molecule has 0 spiro atoms. The number of rotatable bonds is 6. The number of halogens is 5. The number of anilines is 3. The normalized spacial score (nSPS) is 17.7. The van der Waals surface area contributed by atoms with Gasteiger partial charge in [0.15, 0.2) is 0 Å². The van der Waals surface area contributed by atoms with E-state index < -0.39 is 33.8 Å². The number of carbonyl (C=O) groups is 3. The van der Waals surface area contributed by atoms with Crippen molar-refractivity contribution in [2.24, 2.45) is 5.92 Å². The molecule has 1 saturated carbocycles. The maximum atomic E-state index is 13.5. The lowest BCUT2D eigenvalue weighted by Crippen LogP contribution is -2.18. The van der Waals surface area contributed by atoms with E-state index in [4.69, 9.17) is 46.4 Å². The first kappa shape index (κ1) is 26.2. The van der Waals surface area contributed by atoms with Crippen LogP contribution in [0.15, 0.2) is 60.7 Å². The third-order valence-corrected chi connectivity index (χ3v) is 7.14. The van der Waals surface area contributed by atoms with Crippen molar-refractivity contribution in [3.05, 3.63) is 87.7 Å². The van der Waals surface area contributed by atoms with Crippen LogP contribution in [0.4, 0.5) is 21.5 Å². The van der Waals surface area contributed by atoms with Crippen LogP contribution >= 0.6 is 46.4 Å². The highest BCUT2D eigenvalue weighted by Crippen LogP contribution is 2.65. The fraction of sp³-hybridized carbons (Fsp3) is 0.160. The average molecular weight is 569 g/mol. The number of hydrogen-bond donors (Lipinski definition) is 3. The molecule has 2 atom stereocenters. The maximum absolute atomic E-state index is 13.5. The highest BCUT2D eigenvalue weighted by Gasteiger charge is 2.67. The Labute approximate surface area is 226 Å². The summed E-state index contributed by atoms with van der Waals surface area (Å²) in [7, 11) is 0. The van der Waals surface area contributed by atoms with Gasteiger partial charge in [-0.2, -0.15) is 0 Å². The predicted molar refractivity (Wildman–Crippen MR) is 141 cm³/mol. The lowest BCUT2D eigenvalue weighted by atomic mass is 10.1. The fourth-order valence-electron chi connectivity index (χ4n) is 3.81. The second kappa shape index (κ2) is 10.3. The molecular weight excluding hydrogens is 551 g/mol. The van der Waals surface area contributed by atoms with Crippen LogP contribution in [0.2, 0.25) is 10.0 Å². The summed E-state index contributed by atoms with van der Waals surface area (Å²) in [5, 5.41) is 8.13. The van der Waals surface area contributed by atoms with Crippen molar-refractivity contribution in [2.45, 2.75) is 17.2 Å². The monoisotopic (exact) mass is 567 g/mol. The van der Waals surface area contributed by atoms with Crippen LogP contribution in [-0.4, -0.2) is 22.1 Å². The molecule has 186 valence electrons. The minimum Gasteiger partial charge on any atom is -0.326 e. The zero-order valence-electron chi connectivity index (χ0n) is 18.5. The average Bonchev–Trinajstić information content (AvgIpc) is 3.39. The summed E-state index contributed by atoms with van der Waals surface area (Å²) in [4.78, 5) is 36.9. The zero-order chi connectivity index (χ0) is 26.2. The molecule has 0 bridgehead atoms. The first-order chi connectivity index (χ1) is 17.0. The van der Waals surface area contributed by atoms with E-state index in [9.17, 15) is 18.8 Å². The van der Waals surface area contributed by atoms with E-state index in [1.165, 1.54) is 43.3 Å². The molecule has 3 aromatic carbocycles. The van der Waals surface area contributed by atoms with Crippen LogP contribution < -0.4 is 16.0 Å². The highest BCUT2D eigenvalue weighted by molar-refractivity contribution is 6.53. The van der Waals surface area contributed by atoms with Crippen molar-refractivity contribution in [1.82, 2.24) is 0 Å². The SMILES string of the molecule is CC(=O)Nc1ccc(NC(=O)c2cc(NC(=O)C3C(c4ccc(F)c(Cl)c4)C3(Cl)Cl)ccc2Cl)cc1. The van der Waals surface area contributed by atoms with Crippen LogP contribution in [0, 0.1) is 11.7 Å². The summed E-state index contributed by atoms with van der Waals surface area (Å²) in [5.41, 5.74) is 2.03. The number of carbonyl (C=O) groups excluding carboxylic acids is 3. The first-order valence-corrected chi connectivity index (χ1v) is 12.1. The molecule has 6 nitrogen and oxygen atoms in total. The lowest BCUT2D eigenvalue weighted by Gasteiger charge is -2.11. The summed E-state index contributed by atoms with van der Waals surface area (Å²) in [6.45, 7) is 1.39. The van der Waals surface area contributed by atoms with E-state index in [1.807, 2.05) is 0 Å². The van der Waals surface area contributed by atoms with E-state index in [0.717, 1.165) is 0 Å². The van der Waals surface area contributed by atoms with Crippen molar-refractivity contribution in [1.29, 1.82) is 0 Å². The van der Waals surface area contributed by atoms with Crippen molar-refractivity contribution < 1.29 is 18.8 Å². The topological polar surface area (TPSA) is 87.3 Å². The molecule has 3 aromatic rings. The number of nitrogens with one attached hydrogen (secondary N) is 3. The summed E-state index contributed by atoms with van der Waals surface area (Å²) < 4.78 is 12.1. The van der Waals surface area contributed by atoms with E-state index in [2.05, 4.69) is 16.0 Å². The molecule has 0 saturated heterocycles. The van der Waals surface area contributed by atoms with Crippen LogP contribution in [0.1, 0.15) is 28.8 Å². The van der Waals surface area contributed by atoms with E-state index in [1.54, 1.807) is 24.3 Å². The van der Waals surface area contributed by atoms with Crippen LogP contribution in [0.3, 0.4) is 0 Å². The van der Waals surface area contributed by atoms with Crippen LogP contribution in [0.5, 0.6) is 0 Å². The van der Waals surface area contributed by atoms with Crippen molar-refractivity contribution in [3.8, 4) is 0 Å². The second-order valence-corrected chi connectivity index (χ2v) is 10.5. The standard InChI is InChI=1S/C25H18Cl4FN3O3/c1-12(34)31-14-3-5-15(6-4-14)32-23(35)17-11-16(7-8-18(17)26)33-24(36)22-21(25(22,28)29)13-2-9-20(30)19(27)10-13/h2-11,21-22H,1H3,(H,31,34)(H,32,35)(H,33,36). The first-order valence-electron chi connectivity index (χ1n) is 10.6. The molecule has 36 heavy (non-hydrogen) atoms. The Morgan fingerprint density at radius 3 is 2.03 bits per heavy atom. The Morgan fingerprint density at radius 2 is 1.42 bits per heavy atom. The Hall–Kier alpha value is -2.84. The number of benzene rings is 3. The Bertz CT molecular complexity index is 1370. The maximum Gasteiger partial charge on any atom is 0.257 e. The molecule has 0 aromatic heterocycles. The summed E-state index contributed by atoms with van der Waals surface area (Å²) >= 11 is 24.8. The van der Waals surface area contributed by atoms with E-state index in [-0.39, 0.29) is 21.5 Å². The summed E-state index contributed by atoms with van der Waals surface area (Å²) in [6, 6.07) is 15.0. The van der Waals surface area contributed by atoms with Gasteiger partial charge in [0.05, 0.1) is 21.5 Å². The molecule has 1 aliphatic carbocycles. The molecule has 11 heteroatoms. The fourth-order valence-corrected chi connectivity index (χ4v) is 5.03. The minimum atomic E-state index is -1.40. The molecular formula is C25H18Cl4FN3O3. The van der Waals surface area contributed by atoms with Gasteiger partial charge in [0.1, 0.15) is 10.2 Å². The number of hydrogen-bond acceptors (Lipinski definition) is 3. The van der Waals surface area contributed by atoms with Gasteiger partial charge in [-0.05, 0) is 60.2 Å². The van der Waals surface area contributed by atoms with Crippen molar-refractivity contribution in [3.63, 3.8) is 0 Å². The van der Waals surface area contributed by atoms with Crippen molar-refractivity contribution in [2.75, 3.05) is 16.0 Å². The highest BCUT2D eigenvalue weighted by atomic mass is 35.5. The summed E-state index contributed by atoms with van der Waals surface area (Å²) in [6.07, 6.45) is 0. The molecule has 3 amide bonds. The molecule has 4 rings (SSSR count). The van der Waals surface area contributed by atoms with Gasteiger partial charge in [0.2, 0.25) is 11.8 Å². The van der Waals surface area contributed by atoms with Crippen molar-refractivity contribution >= 4 is 81.2 Å². The molecule has 2 unspecified atom stereocenters. The Balaban J connectivity index is 1.46. The Morgan fingerprint density at radius 1 is 0.806 bits per heavy atom. The largest absolute Gasteiger partial charge is 0.326 e. The Kier molecular flexibility index (Phi) is 7.48. The lowest BCUT2D eigenvalue weighted by molar-refractivity contribution is -0.117. The van der Waals surface area contributed by atoms with Gasteiger partial charge in [-0.3, -0.25) is 14.4 Å². The van der Waals surface area contributed by atoms with Gasteiger partial charge in [0.25, 0.3) is 5.91 Å². The predicted octanol–water partition coefficient (Wildman–Crippen LogP) is 6.87. The number of amides is 3.